The summed E-state index contributed by atoms with van der Waals surface area (Å²) in [6, 6.07) is 13.2. The molecule has 0 aliphatic rings. The van der Waals surface area contributed by atoms with Crippen molar-refractivity contribution in [2.24, 2.45) is 0 Å². The van der Waals surface area contributed by atoms with Gasteiger partial charge in [-0.05, 0) is 18.2 Å². The number of para-hydroxylation sites is 1. The predicted octanol–water partition coefficient (Wildman–Crippen LogP) is 2.43. The average Bonchev–Trinajstić information content (AvgIpc) is 3.29. The van der Waals surface area contributed by atoms with Crippen molar-refractivity contribution in [2.45, 2.75) is 0 Å². The molecule has 0 atom stereocenters. The van der Waals surface area contributed by atoms with Gasteiger partial charge < -0.3 is 14.8 Å². The number of hydrogen-bond donors (Lipinski definition) is 1. The van der Waals surface area contributed by atoms with Gasteiger partial charge in [0.05, 0.1) is 40.7 Å². The van der Waals surface area contributed by atoms with E-state index in [1.165, 1.54) is 4.52 Å². The minimum atomic E-state index is -0.807. The number of benzene rings is 2. The van der Waals surface area contributed by atoms with Crippen molar-refractivity contribution in [1.29, 1.82) is 0 Å². The lowest BCUT2D eigenvalue weighted by Crippen LogP contribution is -2.28. The van der Waals surface area contributed by atoms with Gasteiger partial charge >= 0.3 is 0 Å². The number of methoxy groups -OCH3 is 1. The zero-order valence-electron chi connectivity index (χ0n) is 18.2. The van der Waals surface area contributed by atoms with Crippen molar-refractivity contribution < 1.29 is 24.1 Å². The normalized spacial score (nSPS) is 10.7. The van der Waals surface area contributed by atoms with Crippen LogP contribution in [0.2, 0.25) is 0 Å². The number of ether oxygens (including phenoxy) is 2. The molecule has 0 saturated carbocycles. The summed E-state index contributed by atoms with van der Waals surface area (Å²) in [4.78, 5) is 32.7. The molecule has 0 bridgehead atoms. The second kappa shape index (κ2) is 9.78. The lowest BCUT2D eigenvalue weighted by Gasteiger charge is -2.09. The minimum Gasteiger partial charge on any atom is -0.496 e. The molecule has 178 valence electrons. The number of non-ortho nitro benzene ring substituents is 2. The first-order chi connectivity index (χ1) is 16.9. The highest BCUT2D eigenvalue weighted by Crippen LogP contribution is 2.28. The third-order valence-corrected chi connectivity index (χ3v) is 4.81. The molecule has 4 rings (SSSR count). The molecule has 0 aliphatic carbocycles. The molecule has 0 fully saturated rings. The number of nitrogens with zero attached hydrogens (tertiary/aromatic N) is 6. The summed E-state index contributed by atoms with van der Waals surface area (Å²) in [7, 11) is 1.55. The fraction of sp³-hybridized carbons (Fsp3) is 0.143. The Labute approximate surface area is 196 Å². The zero-order chi connectivity index (χ0) is 24.9. The van der Waals surface area contributed by atoms with Gasteiger partial charge in [0.2, 0.25) is 5.88 Å². The Hall–Kier alpha value is -5.14. The molecule has 1 N–H and O–H groups in total. The Morgan fingerprint density at radius 3 is 2.43 bits per heavy atom. The van der Waals surface area contributed by atoms with Crippen LogP contribution in [-0.2, 0) is 0 Å². The predicted molar refractivity (Wildman–Crippen MR) is 120 cm³/mol. The molecule has 0 unspecified atom stereocenters. The number of fused-ring (bicyclic) bond motifs is 1. The molecule has 0 radical (unpaired) electrons. The zero-order valence-corrected chi connectivity index (χ0v) is 18.2. The number of amides is 1. The lowest BCUT2D eigenvalue weighted by atomic mass is 10.1. The van der Waals surface area contributed by atoms with E-state index < -0.39 is 27.1 Å². The standard InChI is InChI=1S/C21H17N7O7/c1-34-17-5-3-2-4-16(17)20-24-23-18-6-7-19(25-26(18)20)35-9-8-22-21(29)13-10-14(27(30)31)12-15(11-13)28(32)33/h2-7,10-12H,8-9H2,1H3,(H,22,29). The second-order valence-corrected chi connectivity index (χ2v) is 7.02. The molecular weight excluding hydrogens is 462 g/mol. The van der Waals surface area contributed by atoms with Gasteiger partial charge in [0, 0.05) is 18.2 Å². The molecule has 2 aromatic carbocycles. The van der Waals surface area contributed by atoms with Gasteiger partial charge in [0.15, 0.2) is 11.5 Å². The first-order valence-electron chi connectivity index (χ1n) is 10.1. The third-order valence-electron chi connectivity index (χ3n) is 4.81. The van der Waals surface area contributed by atoms with Crippen LogP contribution in [0.3, 0.4) is 0 Å². The summed E-state index contributed by atoms with van der Waals surface area (Å²) >= 11 is 0. The Morgan fingerprint density at radius 2 is 1.74 bits per heavy atom. The summed E-state index contributed by atoms with van der Waals surface area (Å²) in [6.07, 6.45) is 0. The third kappa shape index (κ3) is 4.95. The Kier molecular flexibility index (Phi) is 6.44. The van der Waals surface area contributed by atoms with Gasteiger partial charge in [0.25, 0.3) is 17.3 Å². The second-order valence-electron chi connectivity index (χ2n) is 7.02. The molecular formula is C21H17N7O7. The van der Waals surface area contributed by atoms with Gasteiger partial charge in [-0.3, -0.25) is 25.0 Å². The molecule has 14 nitrogen and oxygen atoms in total. The largest absolute Gasteiger partial charge is 0.496 e. The van der Waals surface area contributed by atoms with Crippen molar-refractivity contribution in [2.75, 3.05) is 20.3 Å². The number of rotatable bonds is 9. The summed E-state index contributed by atoms with van der Waals surface area (Å²) in [5.41, 5.74) is -0.156. The molecule has 0 aliphatic heterocycles. The number of carbonyl (C=O) groups excluding carboxylic acids is 1. The highest BCUT2D eigenvalue weighted by Gasteiger charge is 2.20. The summed E-state index contributed by atoms with van der Waals surface area (Å²) in [6.45, 7) is 0.0178. The smallest absolute Gasteiger partial charge is 0.277 e. The lowest BCUT2D eigenvalue weighted by molar-refractivity contribution is -0.394. The maximum absolute atomic E-state index is 12.3. The quantitative estimate of drug-likeness (QED) is 0.213. The van der Waals surface area contributed by atoms with Gasteiger partial charge in [-0.25, -0.2) is 0 Å². The van der Waals surface area contributed by atoms with Crippen LogP contribution in [-0.4, -0.2) is 55.8 Å². The van der Waals surface area contributed by atoms with Crippen molar-refractivity contribution in [3.05, 3.63) is 80.4 Å². The van der Waals surface area contributed by atoms with Crippen molar-refractivity contribution >= 4 is 22.9 Å². The topological polar surface area (TPSA) is 177 Å². The highest BCUT2D eigenvalue weighted by atomic mass is 16.6. The Balaban J connectivity index is 1.43. The number of nitro groups is 2. The van der Waals surface area contributed by atoms with Crippen LogP contribution < -0.4 is 14.8 Å². The van der Waals surface area contributed by atoms with Gasteiger partial charge in [-0.2, -0.15) is 4.52 Å². The van der Waals surface area contributed by atoms with Crippen LogP contribution in [0.4, 0.5) is 11.4 Å². The maximum Gasteiger partial charge on any atom is 0.277 e. The van der Waals surface area contributed by atoms with Crippen LogP contribution in [0.15, 0.2) is 54.6 Å². The van der Waals surface area contributed by atoms with E-state index >= 15 is 0 Å². The first-order valence-corrected chi connectivity index (χ1v) is 10.1. The van der Waals surface area contributed by atoms with Gasteiger partial charge in [-0.1, -0.05) is 12.1 Å². The van der Waals surface area contributed by atoms with Crippen LogP contribution in [0.25, 0.3) is 17.0 Å². The average molecular weight is 479 g/mol. The van der Waals surface area contributed by atoms with Crippen molar-refractivity contribution in [3.8, 4) is 23.0 Å². The molecule has 2 heterocycles. The maximum atomic E-state index is 12.3. The van der Waals surface area contributed by atoms with E-state index in [2.05, 4.69) is 20.6 Å². The fourth-order valence-corrected chi connectivity index (χ4v) is 3.21. The molecule has 1 amide bonds. The van der Waals surface area contributed by atoms with E-state index in [1.54, 1.807) is 25.3 Å². The van der Waals surface area contributed by atoms with Gasteiger partial charge in [0.1, 0.15) is 12.4 Å². The summed E-state index contributed by atoms with van der Waals surface area (Å²) in [5, 5.41) is 37.1. The molecule has 0 spiro atoms. The molecule has 2 aromatic heterocycles. The van der Waals surface area contributed by atoms with E-state index in [9.17, 15) is 25.0 Å². The van der Waals surface area contributed by atoms with E-state index in [0.717, 1.165) is 18.2 Å². The monoisotopic (exact) mass is 479 g/mol. The number of nitro benzene ring substituents is 2. The van der Waals surface area contributed by atoms with Crippen molar-refractivity contribution in [3.63, 3.8) is 0 Å². The highest BCUT2D eigenvalue weighted by molar-refractivity contribution is 5.95. The van der Waals surface area contributed by atoms with E-state index in [4.69, 9.17) is 9.47 Å². The van der Waals surface area contributed by atoms with Crippen LogP contribution >= 0.6 is 0 Å². The number of carbonyl (C=O) groups is 1. The SMILES string of the molecule is COc1ccccc1-c1nnc2ccc(OCCNC(=O)c3cc([N+](=O)[O-])cc([N+](=O)[O-])c3)nn12. The molecule has 35 heavy (non-hydrogen) atoms. The Morgan fingerprint density at radius 1 is 1.03 bits per heavy atom. The molecule has 14 heteroatoms. The number of hydrogen-bond acceptors (Lipinski definition) is 10. The molecule has 4 aromatic rings. The fourth-order valence-electron chi connectivity index (χ4n) is 3.21. The first kappa shape index (κ1) is 23.0. The van der Waals surface area contributed by atoms with Crippen LogP contribution in [0.5, 0.6) is 11.6 Å². The van der Waals surface area contributed by atoms with Crippen LogP contribution in [0, 0.1) is 20.2 Å². The minimum absolute atomic E-state index is 0.00733. The number of aromatic nitrogens is 4. The van der Waals surface area contributed by atoms with E-state index in [-0.39, 0.29) is 24.6 Å². The van der Waals surface area contributed by atoms with Crippen molar-refractivity contribution in [1.82, 2.24) is 25.1 Å². The number of nitrogens with one attached hydrogen (secondary N) is 1. The van der Waals surface area contributed by atoms with E-state index in [1.807, 2.05) is 18.2 Å². The van der Waals surface area contributed by atoms with E-state index in [0.29, 0.717) is 22.8 Å². The molecule has 0 saturated heterocycles. The summed E-state index contributed by atoms with van der Waals surface area (Å²) in [5.74, 6) is 0.553. The van der Waals surface area contributed by atoms with Crippen LogP contribution in [0.1, 0.15) is 10.4 Å². The van der Waals surface area contributed by atoms with Gasteiger partial charge in [-0.15, -0.1) is 15.3 Å². The Bertz CT molecular complexity index is 1400. The summed E-state index contributed by atoms with van der Waals surface area (Å²) < 4.78 is 12.5.